The molecule has 0 atom stereocenters. The highest BCUT2D eigenvalue weighted by Gasteiger charge is 2.34. The molecule has 0 aromatic heterocycles. The molecule has 14 heteroatoms. The fraction of sp³-hybridized carbons (Fsp3) is 0.862. The lowest BCUT2D eigenvalue weighted by Gasteiger charge is -2.34. The van der Waals surface area contributed by atoms with E-state index in [0.29, 0.717) is 45.9 Å². The minimum Gasteiger partial charge on any atom is -0.383 e. The van der Waals surface area contributed by atoms with Crippen LogP contribution >= 0.6 is 0 Å². The van der Waals surface area contributed by atoms with Crippen molar-refractivity contribution in [3.8, 4) is 0 Å². The quantitative estimate of drug-likeness (QED) is 0.0820. The predicted octanol–water partition coefficient (Wildman–Crippen LogP) is 0.320. The van der Waals surface area contributed by atoms with Crippen LogP contribution in [0, 0.1) is 0 Å². The van der Waals surface area contributed by atoms with Crippen molar-refractivity contribution in [2.75, 3.05) is 100 Å². The average Bonchev–Trinajstić information content (AvgIpc) is 2.98. The average molecular weight is 621 g/mol. The summed E-state index contributed by atoms with van der Waals surface area (Å²) in [5, 5.41) is 11.2. The molecule has 0 saturated heterocycles. The highest BCUT2D eigenvalue weighted by molar-refractivity contribution is 5.77. The van der Waals surface area contributed by atoms with Gasteiger partial charge in [0.25, 0.3) is 0 Å². The van der Waals surface area contributed by atoms with Crippen molar-refractivity contribution in [2.45, 2.75) is 63.8 Å². The Morgan fingerprint density at radius 3 is 1.26 bits per heavy atom. The van der Waals surface area contributed by atoms with Gasteiger partial charge in [0.15, 0.2) is 0 Å². The van der Waals surface area contributed by atoms with Crippen molar-refractivity contribution in [1.29, 1.82) is 0 Å². The van der Waals surface area contributed by atoms with Crippen LogP contribution in [0.25, 0.3) is 0 Å². The zero-order valence-corrected chi connectivity index (χ0v) is 26.7. The van der Waals surface area contributed by atoms with E-state index in [1.807, 2.05) is 0 Å². The third-order valence-electron chi connectivity index (χ3n) is 6.10. The maximum atomic E-state index is 13.0. The number of ether oxygens (including phenoxy) is 6. The molecule has 0 rings (SSSR count). The molecule has 0 aliphatic rings. The smallest absolute Gasteiger partial charge is 0.222 e. The fourth-order valence-corrected chi connectivity index (χ4v) is 3.74. The second-order valence-electron chi connectivity index (χ2n) is 10.1. The van der Waals surface area contributed by atoms with Crippen molar-refractivity contribution in [3.05, 3.63) is 0 Å². The van der Waals surface area contributed by atoms with Crippen LogP contribution in [0.5, 0.6) is 0 Å². The van der Waals surface area contributed by atoms with E-state index in [0.717, 1.165) is 25.7 Å². The van der Waals surface area contributed by atoms with Gasteiger partial charge in [-0.2, -0.15) is 0 Å². The van der Waals surface area contributed by atoms with E-state index in [9.17, 15) is 19.2 Å². The first-order chi connectivity index (χ1) is 20.8. The number of amides is 4. The molecule has 0 unspecified atom stereocenters. The van der Waals surface area contributed by atoms with Gasteiger partial charge in [0.1, 0.15) is 5.54 Å². The number of hydrogen-bond acceptors (Lipinski definition) is 10. The second kappa shape index (κ2) is 28.4. The van der Waals surface area contributed by atoms with Gasteiger partial charge in [-0.15, -0.1) is 0 Å². The summed E-state index contributed by atoms with van der Waals surface area (Å²) in [6.45, 7) is 4.83. The van der Waals surface area contributed by atoms with E-state index >= 15 is 0 Å². The third-order valence-corrected chi connectivity index (χ3v) is 6.10. The number of unbranched alkanes of at least 4 members (excludes halogenated alkanes) is 3. The van der Waals surface area contributed by atoms with Crippen molar-refractivity contribution < 1.29 is 47.6 Å². The molecule has 252 valence electrons. The second-order valence-corrected chi connectivity index (χ2v) is 10.1. The molecule has 14 nitrogen and oxygen atoms in total. The molecular formula is C29H56N4O10. The van der Waals surface area contributed by atoms with Crippen molar-refractivity contribution in [2.24, 2.45) is 0 Å². The normalized spacial score (nSPS) is 11.3. The summed E-state index contributed by atoms with van der Waals surface area (Å²) in [7, 11) is 4.66. The lowest BCUT2D eigenvalue weighted by atomic mass is 10.0. The molecule has 0 saturated carbocycles. The Morgan fingerprint density at radius 1 is 0.512 bits per heavy atom. The Morgan fingerprint density at radius 2 is 0.907 bits per heavy atom. The molecule has 4 N–H and O–H groups in total. The van der Waals surface area contributed by atoms with Crippen molar-refractivity contribution in [1.82, 2.24) is 21.3 Å². The van der Waals surface area contributed by atoms with Crippen LogP contribution in [-0.4, -0.2) is 130 Å². The number of carbonyl (C=O) groups is 4. The zero-order chi connectivity index (χ0) is 32.0. The number of hydrogen-bond donors (Lipinski definition) is 4. The van der Waals surface area contributed by atoms with Gasteiger partial charge in [0.05, 0.1) is 59.5 Å². The maximum Gasteiger partial charge on any atom is 0.222 e. The number of carbonyl (C=O) groups excluding carboxylic acids is 4. The van der Waals surface area contributed by atoms with Crippen LogP contribution < -0.4 is 21.3 Å². The highest BCUT2D eigenvalue weighted by atomic mass is 16.5. The fourth-order valence-electron chi connectivity index (χ4n) is 3.74. The van der Waals surface area contributed by atoms with Crippen LogP contribution in [0.3, 0.4) is 0 Å². The first-order valence-corrected chi connectivity index (χ1v) is 15.1. The van der Waals surface area contributed by atoms with Gasteiger partial charge >= 0.3 is 0 Å². The zero-order valence-electron chi connectivity index (χ0n) is 26.7. The first kappa shape index (κ1) is 40.6. The van der Waals surface area contributed by atoms with Gasteiger partial charge < -0.3 is 49.7 Å². The summed E-state index contributed by atoms with van der Waals surface area (Å²) in [5.74, 6) is -0.740. The minimum absolute atomic E-state index is 0.000871. The van der Waals surface area contributed by atoms with Gasteiger partial charge in [-0.1, -0.05) is 26.2 Å². The van der Waals surface area contributed by atoms with Gasteiger partial charge in [0, 0.05) is 66.6 Å². The monoisotopic (exact) mass is 620 g/mol. The standard InChI is InChI=1S/C29H56N4O10/c1-5-6-7-8-9-28(37)33-29(22-41-16-10-25(34)30-13-19-38-2,23-42-17-11-26(35)31-14-20-39-3)24-43-18-12-27(36)32-15-21-40-4/h5-24H2,1-4H3,(H,30,34)(H,31,35)(H,32,36)(H,33,37). The molecule has 0 fully saturated rings. The molecule has 0 aromatic carbocycles. The summed E-state index contributed by atoms with van der Waals surface area (Å²) < 4.78 is 32.4. The van der Waals surface area contributed by atoms with E-state index in [1.165, 1.54) is 0 Å². The lowest BCUT2D eigenvalue weighted by Crippen LogP contribution is -2.58. The molecule has 0 bridgehead atoms. The minimum atomic E-state index is -1.10. The summed E-state index contributed by atoms with van der Waals surface area (Å²) in [6.07, 6.45) is 4.46. The Hall–Kier alpha value is -2.36. The Balaban J connectivity index is 5.32. The molecule has 4 amide bonds. The summed E-state index contributed by atoms with van der Waals surface area (Å²) in [4.78, 5) is 49.2. The Labute approximate surface area is 256 Å². The molecule has 0 spiro atoms. The Kier molecular flexibility index (Phi) is 26.9. The maximum absolute atomic E-state index is 13.0. The SMILES string of the molecule is CCCCCCC(=O)NC(COCCC(=O)NCCOC)(COCCC(=O)NCCOC)COCCC(=O)NCCOC. The number of nitrogens with one attached hydrogen (secondary N) is 4. The van der Waals surface area contributed by atoms with Gasteiger partial charge in [-0.25, -0.2) is 0 Å². The van der Waals surface area contributed by atoms with Gasteiger partial charge in [-0.3, -0.25) is 19.2 Å². The lowest BCUT2D eigenvalue weighted by molar-refractivity contribution is -0.130. The van der Waals surface area contributed by atoms with Crippen molar-refractivity contribution in [3.63, 3.8) is 0 Å². The first-order valence-electron chi connectivity index (χ1n) is 15.1. The predicted molar refractivity (Wildman–Crippen MR) is 161 cm³/mol. The van der Waals surface area contributed by atoms with Gasteiger partial charge in [-0.05, 0) is 6.42 Å². The van der Waals surface area contributed by atoms with E-state index < -0.39 is 5.54 Å². The summed E-state index contributed by atoms with van der Waals surface area (Å²) in [5.41, 5.74) is -1.10. The van der Waals surface area contributed by atoms with E-state index in [-0.39, 0.29) is 82.5 Å². The van der Waals surface area contributed by atoms with E-state index in [2.05, 4.69) is 28.2 Å². The summed E-state index contributed by atoms with van der Waals surface area (Å²) in [6, 6.07) is 0. The van der Waals surface area contributed by atoms with Crippen LogP contribution in [0.15, 0.2) is 0 Å². The van der Waals surface area contributed by atoms with Crippen LogP contribution in [0.4, 0.5) is 0 Å². The van der Waals surface area contributed by atoms with Gasteiger partial charge in [0.2, 0.25) is 23.6 Å². The van der Waals surface area contributed by atoms with E-state index in [1.54, 1.807) is 21.3 Å². The molecular weight excluding hydrogens is 564 g/mol. The highest BCUT2D eigenvalue weighted by Crippen LogP contribution is 2.12. The van der Waals surface area contributed by atoms with Crippen LogP contribution in [0.1, 0.15) is 58.3 Å². The molecule has 0 radical (unpaired) electrons. The topological polar surface area (TPSA) is 172 Å². The molecule has 0 aliphatic heterocycles. The third kappa shape index (κ3) is 24.7. The molecule has 43 heavy (non-hydrogen) atoms. The van der Waals surface area contributed by atoms with E-state index in [4.69, 9.17) is 28.4 Å². The van der Waals surface area contributed by atoms with Crippen LogP contribution in [-0.2, 0) is 47.6 Å². The molecule has 0 aliphatic carbocycles. The molecule has 0 heterocycles. The van der Waals surface area contributed by atoms with Crippen LogP contribution in [0.2, 0.25) is 0 Å². The molecule has 0 aromatic rings. The number of methoxy groups -OCH3 is 3. The number of rotatable bonds is 30. The largest absolute Gasteiger partial charge is 0.383 e. The Bertz CT molecular complexity index is 668. The van der Waals surface area contributed by atoms with Crippen molar-refractivity contribution >= 4 is 23.6 Å². The summed E-state index contributed by atoms with van der Waals surface area (Å²) >= 11 is 0.